The van der Waals surface area contributed by atoms with Gasteiger partial charge in [0.25, 0.3) is 5.56 Å². The van der Waals surface area contributed by atoms with Gasteiger partial charge in [0.05, 0.1) is 17.9 Å². The van der Waals surface area contributed by atoms with Gasteiger partial charge in [0.15, 0.2) is 0 Å². The Morgan fingerprint density at radius 3 is 2.59 bits per heavy atom. The number of nitrogens with one attached hydrogen (secondary N) is 1. The lowest BCUT2D eigenvalue weighted by Gasteiger charge is -2.32. The minimum atomic E-state index is -0.155. The highest BCUT2D eigenvalue weighted by molar-refractivity contribution is 9.10. The lowest BCUT2D eigenvalue weighted by molar-refractivity contribution is 0.148. The molecule has 0 aliphatic carbocycles. The molecule has 7 heteroatoms. The lowest BCUT2D eigenvalue weighted by Crippen LogP contribution is -2.43. The van der Waals surface area contributed by atoms with Crippen LogP contribution in [0.4, 0.5) is 0 Å². The van der Waals surface area contributed by atoms with Crippen LogP contribution in [0.2, 0.25) is 0 Å². The molecule has 1 N–H and O–H groups in total. The normalized spacial score (nSPS) is 15.4. The van der Waals surface area contributed by atoms with E-state index >= 15 is 0 Å². The maximum Gasteiger partial charge on any atom is 0.265 e. The van der Waals surface area contributed by atoms with Crippen LogP contribution in [0.25, 0.3) is 11.4 Å². The van der Waals surface area contributed by atoms with Crippen molar-refractivity contribution in [3.63, 3.8) is 0 Å². The predicted molar refractivity (Wildman–Crippen MR) is 134 cm³/mol. The number of hydrogen-bond acceptors (Lipinski definition) is 5. The van der Waals surface area contributed by atoms with Crippen molar-refractivity contribution in [1.82, 2.24) is 19.8 Å². The largest absolute Gasteiger partial charge is 0.493 e. The van der Waals surface area contributed by atoms with E-state index in [0.717, 1.165) is 62.6 Å². The van der Waals surface area contributed by atoms with Gasteiger partial charge >= 0.3 is 0 Å². The second kappa shape index (κ2) is 12.0. The molecule has 6 nitrogen and oxygen atoms in total. The van der Waals surface area contributed by atoms with Gasteiger partial charge < -0.3 is 14.6 Å². The second-order valence-corrected chi connectivity index (χ2v) is 9.88. The van der Waals surface area contributed by atoms with Crippen LogP contribution in [-0.4, -0.2) is 59.6 Å². The number of rotatable bonds is 10. The summed E-state index contributed by atoms with van der Waals surface area (Å²) in [7, 11) is 2.17. The van der Waals surface area contributed by atoms with Crippen molar-refractivity contribution in [3.8, 4) is 17.1 Å². The van der Waals surface area contributed by atoms with Gasteiger partial charge in [-0.15, -0.1) is 0 Å². The minimum absolute atomic E-state index is 0.136. The molecule has 3 rings (SSSR count). The van der Waals surface area contributed by atoms with Crippen LogP contribution in [0.1, 0.15) is 63.6 Å². The molecule has 0 atom stereocenters. The zero-order valence-electron chi connectivity index (χ0n) is 19.9. The smallest absolute Gasteiger partial charge is 0.265 e. The molecule has 0 bridgehead atoms. The van der Waals surface area contributed by atoms with Crippen LogP contribution < -0.4 is 10.3 Å². The first-order valence-electron chi connectivity index (χ1n) is 11.9. The molecule has 0 unspecified atom stereocenters. The molecule has 1 aromatic heterocycles. The van der Waals surface area contributed by atoms with Gasteiger partial charge in [-0.05, 0) is 53.0 Å². The highest BCUT2D eigenvalue weighted by Gasteiger charge is 2.18. The first kappa shape index (κ1) is 24.9. The number of aromatic amines is 1. The molecular weight excluding hydrogens is 468 g/mol. The van der Waals surface area contributed by atoms with Crippen molar-refractivity contribution in [2.24, 2.45) is 0 Å². The van der Waals surface area contributed by atoms with Gasteiger partial charge in [-0.3, -0.25) is 9.69 Å². The van der Waals surface area contributed by atoms with Crippen LogP contribution in [-0.2, 0) is 6.54 Å². The summed E-state index contributed by atoms with van der Waals surface area (Å²) in [5.41, 5.74) is 2.68. The van der Waals surface area contributed by atoms with Gasteiger partial charge in [0, 0.05) is 32.7 Å². The Hall–Kier alpha value is -1.70. The Balaban J connectivity index is 1.90. The van der Waals surface area contributed by atoms with E-state index in [9.17, 15) is 4.79 Å². The molecule has 1 saturated heterocycles. The van der Waals surface area contributed by atoms with Crippen LogP contribution in [0.15, 0.2) is 27.5 Å². The molecule has 1 fully saturated rings. The molecular formula is C25H37BrN4O2. The van der Waals surface area contributed by atoms with Gasteiger partial charge in [0.2, 0.25) is 0 Å². The molecule has 176 valence electrons. The Kier molecular flexibility index (Phi) is 9.32. The Morgan fingerprint density at radius 1 is 1.16 bits per heavy atom. The standard InChI is InChI=1S/C25H37BrN4O2/c1-5-6-7-8-15-32-21-10-9-19(17-30-13-11-29(4)12-14-30)16-20(21)24-27-23(18(2)3)22(26)25(31)28-24/h9-10,16,18H,5-8,11-15,17H2,1-4H3,(H,27,28,31). The van der Waals surface area contributed by atoms with Gasteiger partial charge in [-0.25, -0.2) is 4.98 Å². The van der Waals surface area contributed by atoms with Crippen molar-refractivity contribution >= 4 is 15.9 Å². The molecule has 1 aliphatic rings. The Morgan fingerprint density at radius 2 is 1.91 bits per heavy atom. The van der Waals surface area contributed by atoms with E-state index in [0.29, 0.717) is 16.9 Å². The number of ether oxygens (including phenoxy) is 1. The van der Waals surface area contributed by atoms with E-state index in [2.05, 4.69) is 56.8 Å². The fourth-order valence-electron chi connectivity index (χ4n) is 3.95. The highest BCUT2D eigenvalue weighted by Crippen LogP contribution is 2.31. The zero-order valence-corrected chi connectivity index (χ0v) is 21.5. The fourth-order valence-corrected chi connectivity index (χ4v) is 4.59. The Bertz CT molecular complexity index is 936. The van der Waals surface area contributed by atoms with E-state index in [1.807, 2.05) is 19.9 Å². The topological polar surface area (TPSA) is 61.5 Å². The second-order valence-electron chi connectivity index (χ2n) is 9.09. The zero-order chi connectivity index (χ0) is 23.1. The molecule has 32 heavy (non-hydrogen) atoms. The molecule has 0 radical (unpaired) electrons. The molecule has 0 amide bonds. The number of halogens is 1. The predicted octanol–water partition coefficient (Wildman–Crippen LogP) is 5.03. The van der Waals surface area contributed by atoms with Crippen LogP contribution in [0.3, 0.4) is 0 Å². The van der Waals surface area contributed by atoms with E-state index in [1.165, 1.54) is 18.4 Å². The third-order valence-corrected chi connectivity index (χ3v) is 6.76. The van der Waals surface area contributed by atoms with Crippen LogP contribution in [0, 0.1) is 0 Å². The average molecular weight is 506 g/mol. The summed E-state index contributed by atoms with van der Waals surface area (Å²) in [6.07, 6.45) is 4.61. The van der Waals surface area contributed by atoms with Gasteiger partial charge in [-0.2, -0.15) is 0 Å². The number of H-pyrrole nitrogens is 1. The number of likely N-dealkylation sites (N-methyl/N-ethyl adjacent to an activating group) is 1. The molecule has 1 aromatic carbocycles. The van der Waals surface area contributed by atoms with Gasteiger partial charge in [-0.1, -0.05) is 46.1 Å². The van der Waals surface area contributed by atoms with Crippen molar-refractivity contribution in [2.75, 3.05) is 39.8 Å². The number of unbranched alkanes of at least 4 members (excludes halogenated alkanes) is 3. The molecule has 2 aromatic rings. The van der Waals surface area contributed by atoms with Crippen LogP contribution >= 0.6 is 15.9 Å². The number of hydrogen-bond donors (Lipinski definition) is 1. The van der Waals surface area contributed by atoms with Crippen molar-refractivity contribution in [3.05, 3.63) is 44.3 Å². The van der Waals surface area contributed by atoms with Gasteiger partial charge in [0.1, 0.15) is 16.0 Å². The maximum absolute atomic E-state index is 12.6. The minimum Gasteiger partial charge on any atom is -0.493 e. The monoisotopic (exact) mass is 504 g/mol. The summed E-state index contributed by atoms with van der Waals surface area (Å²) in [6, 6.07) is 6.32. The third-order valence-electron chi connectivity index (χ3n) is 5.99. The molecule has 2 heterocycles. The summed E-state index contributed by atoms with van der Waals surface area (Å²) >= 11 is 3.41. The maximum atomic E-state index is 12.6. The van der Waals surface area contributed by atoms with E-state index in [1.54, 1.807) is 0 Å². The molecule has 1 aliphatic heterocycles. The van der Waals surface area contributed by atoms with Crippen molar-refractivity contribution in [2.45, 2.75) is 58.9 Å². The summed E-state index contributed by atoms with van der Waals surface area (Å²) in [4.78, 5) is 25.2. The first-order chi connectivity index (χ1) is 15.4. The summed E-state index contributed by atoms with van der Waals surface area (Å²) in [5, 5.41) is 0. The molecule has 0 saturated carbocycles. The SMILES string of the molecule is CCCCCCOc1ccc(CN2CCN(C)CC2)cc1-c1nc(C(C)C)c(Br)c(=O)[nH]1. The summed E-state index contributed by atoms with van der Waals surface area (Å²) < 4.78 is 6.68. The summed E-state index contributed by atoms with van der Waals surface area (Å²) in [5.74, 6) is 1.49. The highest BCUT2D eigenvalue weighted by atomic mass is 79.9. The first-order valence-corrected chi connectivity index (χ1v) is 12.6. The summed E-state index contributed by atoms with van der Waals surface area (Å²) in [6.45, 7) is 12.2. The lowest BCUT2D eigenvalue weighted by atomic mass is 10.1. The average Bonchev–Trinajstić information content (AvgIpc) is 2.77. The van der Waals surface area contributed by atoms with Crippen molar-refractivity contribution < 1.29 is 4.74 Å². The Labute approximate surface area is 200 Å². The number of aromatic nitrogens is 2. The van der Waals surface area contributed by atoms with E-state index in [-0.39, 0.29) is 11.5 Å². The third kappa shape index (κ3) is 6.65. The van der Waals surface area contributed by atoms with E-state index < -0.39 is 0 Å². The number of benzene rings is 1. The number of nitrogens with zero attached hydrogens (tertiary/aromatic N) is 3. The van der Waals surface area contributed by atoms with E-state index in [4.69, 9.17) is 9.72 Å². The van der Waals surface area contributed by atoms with Crippen LogP contribution in [0.5, 0.6) is 5.75 Å². The molecule has 0 spiro atoms. The van der Waals surface area contributed by atoms with Crippen molar-refractivity contribution in [1.29, 1.82) is 0 Å². The fraction of sp³-hybridized carbons (Fsp3) is 0.600. The quantitative estimate of drug-likeness (QED) is 0.459. The number of piperazine rings is 1.